The number of hydrogen-bond donors (Lipinski definition) is 1. The van der Waals surface area contributed by atoms with Crippen LogP contribution in [0.25, 0.3) is 0 Å². The van der Waals surface area contributed by atoms with E-state index >= 15 is 0 Å². The van der Waals surface area contributed by atoms with Crippen LogP contribution in [0.15, 0.2) is 48.8 Å². The van der Waals surface area contributed by atoms with Crippen LogP contribution in [0.4, 0.5) is 0 Å². The van der Waals surface area contributed by atoms with Gasteiger partial charge in [-0.2, -0.15) is 4.73 Å². The van der Waals surface area contributed by atoms with Crippen molar-refractivity contribution in [2.45, 2.75) is 0 Å². The largest absolute Gasteiger partial charge is 1.00 e. The van der Waals surface area contributed by atoms with Gasteiger partial charge in [-0.3, -0.25) is 0 Å². The van der Waals surface area contributed by atoms with Crippen LogP contribution in [0.2, 0.25) is 0 Å². The third-order valence-corrected chi connectivity index (χ3v) is 2.14. The number of hydrogen-bond acceptors (Lipinski definition) is 3. The number of rotatable bonds is 3. The molecule has 0 saturated heterocycles. The first kappa shape index (κ1) is 15.1. The molecule has 0 bridgehead atoms. The number of nitrogens with zero attached hydrogens (tertiary/aromatic N) is 1. The van der Waals surface area contributed by atoms with Crippen molar-refractivity contribution in [1.82, 2.24) is 4.73 Å². The van der Waals surface area contributed by atoms with Crippen LogP contribution in [0.5, 0.6) is 0 Å². The molecule has 0 aliphatic rings. The van der Waals surface area contributed by atoms with Crippen molar-refractivity contribution >= 4 is 11.9 Å². The Kier molecular flexibility index (Phi) is 5.77. The van der Waals surface area contributed by atoms with Gasteiger partial charge in [0.05, 0.1) is 11.1 Å². The van der Waals surface area contributed by atoms with E-state index in [0.29, 0.717) is 0 Å². The molecule has 0 aliphatic carbocycles. The predicted molar refractivity (Wildman–Crippen MR) is 59.9 cm³/mol. The van der Waals surface area contributed by atoms with E-state index in [1.165, 1.54) is 16.9 Å². The predicted octanol–water partition coefficient (Wildman–Crippen LogP) is -1.43. The molecular weight excluding hydrogens is 261 g/mol. The van der Waals surface area contributed by atoms with Gasteiger partial charge < -0.3 is 11.4 Å². The minimum atomic E-state index is -1.16. The fourth-order valence-corrected chi connectivity index (χ4v) is 1.37. The van der Waals surface area contributed by atoms with E-state index in [1.54, 1.807) is 36.7 Å². The normalized spacial score (nSPS) is 9.33. The van der Waals surface area contributed by atoms with E-state index in [-0.39, 0.29) is 63.9 Å². The van der Waals surface area contributed by atoms with Gasteiger partial charge in [-0.15, -0.1) is 0 Å². The summed E-state index contributed by atoms with van der Waals surface area (Å²) in [6, 6.07) is 9.28. The molecule has 0 unspecified atom stereocenters. The van der Waals surface area contributed by atoms with Crippen LogP contribution in [0, 0.1) is 0 Å². The molecule has 2 rings (SSSR count). The Labute approximate surface area is 147 Å². The molecule has 0 atom stereocenters. The molecule has 1 N–H and O–H groups in total. The van der Waals surface area contributed by atoms with E-state index in [2.05, 4.69) is 0 Å². The summed E-state index contributed by atoms with van der Waals surface area (Å²) in [4.78, 5) is 27.6. The summed E-state index contributed by atoms with van der Waals surface area (Å²) in [5.41, 5.74) is -0.0571. The Balaban J connectivity index is 0.00000162. The molecule has 5 nitrogen and oxygen atoms in total. The molecule has 1 aromatic carbocycles. The first-order valence-electron chi connectivity index (χ1n) is 4.86. The van der Waals surface area contributed by atoms with Crippen molar-refractivity contribution in [1.29, 1.82) is 0 Å². The van der Waals surface area contributed by atoms with E-state index in [1.807, 2.05) is 0 Å². The maximum absolute atomic E-state index is 11.7. The quantitative estimate of drug-likeness (QED) is 0.695. The molecule has 1 heterocycles. The third kappa shape index (κ3) is 3.53. The van der Waals surface area contributed by atoms with Gasteiger partial charge in [-0.05, 0) is 24.3 Å². The summed E-state index contributed by atoms with van der Waals surface area (Å²) in [5, 5.41) is 8.93. The topological polar surface area (TPSA) is 68.5 Å². The standard InChI is InChI=1S/C12H9NO4.K.H/c14-11(15)9-5-1-2-6-10(9)12(16)17-13-7-3-4-8-13;;/h1-8H,(H,14,15);;/q;+1;-1. The molecule has 0 amide bonds. The molecule has 0 radical (unpaired) electrons. The second kappa shape index (κ2) is 6.86. The van der Waals surface area contributed by atoms with E-state index in [0.717, 1.165) is 0 Å². The first-order valence-corrected chi connectivity index (χ1v) is 4.86. The van der Waals surface area contributed by atoms with Crippen LogP contribution in [0.1, 0.15) is 22.1 Å². The Morgan fingerprint density at radius 1 is 1.06 bits per heavy atom. The Morgan fingerprint density at radius 3 is 2.17 bits per heavy atom. The van der Waals surface area contributed by atoms with Gasteiger partial charge in [0.1, 0.15) is 0 Å². The van der Waals surface area contributed by atoms with Crippen molar-refractivity contribution in [2.75, 3.05) is 0 Å². The zero-order valence-corrected chi connectivity index (χ0v) is 12.9. The number of carboxylic acid groups (broad SMARTS) is 1. The van der Waals surface area contributed by atoms with Crippen molar-refractivity contribution in [2.24, 2.45) is 0 Å². The van der Waals surface area contributed by atoms with Gasteiger partial charge in [0.25, 0.3) is 0 Å². The van der Waals surface area contributed by atoms with Gasteiger partial charge >= 0.3 is 63.3 Å². The molecule has 0 fully saturated rings. The minimum Gasteiger partial charge on any atom is -1.00 e. The molecule has 2 aromatic rings. The second-order valence-corrected chi connectivity index (χ2v) is 3.27. The molecule has 88 valence electrons. The molecule has 0 aliphatic heterocycles. The molecule has 1 aromatic heterocycles. The summed E-state index contributed by atoms with van der Waals surface area (Å²) in [6.45, 7) is 0. The van der Waals surface area contributed by atoms with E-state index in [4.69, 9.17) is 9.94 Å². The average molecular weight is 271 g/mol. The molecule has 6 heteroatoms. The van der Waals surface area contributed by atoms with Crippen LogP contribution in [-0.4, -0.2) is 21.8 Å². The fraction of sp³-hybridized carbons (Fsp3) is 0. The number of carbonyl (C=O) groups is 2. The maximum Gasteiger partial charge on any atom is 1.00 e. The second-order valence-electron chi connectivity index (χ2n) is 3.27. The summed E-state index contributed by atoms with van der Waals surface area (Å²) in [5.74, 6) is -1.87. The number of aromatic nitrogens is 1. The molecule has 0 saturated carbocycles. The zero-order valence-electron chi connectivity index (χ0n) is 10.7. The maximum atomic E-state index is 11.7. The fourth-order valence-electron chi connectivity index (χ4n) is 1.37. The van der Waals surface area contributed by atoms with Crippen molar-refractivity contribution in [3.8, 4) is 0 Å². The van der Waals surface area contributed by atoms with Gasteiger partial charge in [-0.1, -0.05) is 12.1 Å². The number of benzene rings is 1. The molecule has 18 heavy (non-hydrogen) atoms. The van der Waals surface area contributed by atoms with E-state index < -0.39 is 11.9 Å². The molecular formula is C12H10KNO4. The third-order valence-electron chi connectivity index (χ3n) is 2.14. The number of carboxylic acids is 1. The van der Waals surface area contributed by atoms with Gasteiger partial charge in [-0.25, -0.2) is 9.59 Å². The number of aromatic carboxylic acids is 1. The zero-order chi connectivity index (χ0) is 12.3. The SMILES string of the molecule is O=C(O)c1ccccc1C(=O)On1cccc1.[H-].[K+]. The van der Waals surface area contributed by atoms with Gasteiger partial charge in [0, 0.05) is 12.4 Å². The van der Waals surface area contributed by atoms with Crippen LogP contribution >= 0.6 is 0 Å². The van der Waals surface area contributed by atoms with Crippen molar-refractivity contribution in [3.05, 3.63) is 59.9 Å². The van der Waals surface area contributed by atoms with Crippen LogP contribution < -0.4 is 56.2 Å². The average Bonchev–Trinajstić information content (AvgIpc) is 2.81. The minimum absolute atomic E-state index is 0. The van der Waals surface area contributed by atoms with E-state index in [9.17, 15) is 9.59 Å². The Hall–Kier alpha value is -0.924. The summed E-state index contributed by atoms with van der Waals surface area (Å²) in [7, 11) is 0. The summed E-state index contributed by atoms with van der Waals surface area (Å²) < 4.78 is 1.21. The smallest absolute Gasteiger partial charge is 1.00 e. The Bertz CT molecular complexity index is 557. The first-order chi connectivity index (χ1) is 8.18. The van der Waals surface area contributed by atoms with Crippen LogP contribution in [-0.2, 0) is 0 Å². The van der Waals surface area contributed by atoms with Gasteiger partial charge in [0.2, 0.25) is 0 Å². The van der Waals surface area contributed by atoms with Gasteiger partial charge in [0.15, 0.2) is 0 Å². The molecule has 0 spiro atoms. The van der Waals surface area contributed by atoms with Crippen molar-refractivity contribution in [3.63, 3.8) is 0 Å². The number of carbonyl (C=O) groups excluding carboxylic acids is 1. The Morgan fingerprint density at radius 2 is 1.61 bits per heavy atom. The summed E-state index contributed by atoms with van der Waals surface area (Å²) >= 11 is 0. The van der Waals surface area contributed by atoms with Crippen LogP contribution in [0.3, 0.4) is 0 Å². The monoisotopic (exact) mass is 271 g/mol. The van der Waals surface area contributed by atoms with Crippen molar-refractivity contribution < 1.29 is 72.3 Å². The summed E-state index contributed by atoms with van der Waals surface area (Å²) in [6.07, 6.45) is 3.09.